The molecular formula is C44H84BrNO5. The van der Waals surface area contributed by atoms with Crippen LogP contribution in [-0.4, -0.2) is 41.5 Å². The van der Waals surface area contributed by atoms with Crippen LogP contribution in [0.1, 0.15) is 221 Å². The summed E-state index contributed by atoms with van der Waals surface area (Å²) in [5.41, 5.74) is -0.479. The zero-order valence-corrected chi connectivity index (χ0v) is 35.9. The highest BCUT2D eigenvalue weighted by atomic mass is 79.9. The van der Waals surface area contributed by atoms with Crippen LogP contribution in [0.3, 0.4) is 0 Å². The number of esters is 2. The Hall–Kier alpha value is -1.18. The van der Waals surface area contributed by atoms with Crippen LogP contribution in [0.5, 0.6) is 0 Å². The molecular weight excluding hydrogens is 702 g/mol. The molecule has 302 valence electrons. The maximum absolute atomic E-state index is 12.8. The fourth-order valence-electron chi connectivity index (χ4n) is 6.19. The first kappa shape index (κ1) is 51.9. The van der Waals surface area contributed by atoms with Gasteiger partial charge < -0.3 is 14.6 Å². The van der Waals surface area contributed by atoms with Crippen molar-refractivity contribution in [3.63, 3.8) is 0 Å². The van der Waals surface area contributed by atoms with Crippen LogP contribution < -0.4 is 5.32 Å². The zero-order valence-electron chi connectivity index (χ0n) is 34.2. The van der Waals surface area contributed by atoms with Gasteiger partial charge in [-0.15, -0.1) is 17.0 Å². The number of carbonyl (C=O) groups excluding carboxylic acids is 2. The number of hydrogen-bond acceptors (Lipinski definition) is 6. The van der Waals surface area contributed by atoms with Crippen LogP contribution in [0, 0.1) is 0 Å². The van der Waals surface area contributed by atoms with Crippen molar-refractivity contribution in [1.29, 1.82) is 0 Å². The van der Waals surface area contributed by atoms with Gasteiger partial charge in [0.25, 0.3) is 0 Å². The van der Waals surface area contributed by atoms with Crippen molar-refractivity contribution in [1.82, 2.24) is 5.32 Å². The highest BCUT2D eigenvalue weighted by Gasteiger charge is 2.30. The number of halogens is 1. The monoisotopic (exact) mass is 786 g/mol. The maximum Gasteiger partial charge on any atom is 0.307 e. The van der Waals surface area contributed by atoms with Crippen LogP contribution >= 0.6 is 17.0 Å². The Morgan fingerprint density at radius 1 is 0.569 bits per heavy atom. The van der Waals surface area contributed by atoms with E-state index < -0.39 is 17.9 Å². The molecule has 2 atom stereocenters. The molecule has 51 heavy (non-hydrogen) atoms. The number of unbranched alkanes of at least 4 members (excludes halogenated alkanes) is 22. The van der Waals surface area contributed by atoms with E-state index in [1.165, 1.54) is 116 Å². The van der Waals surface area contributed by atoms with E-state index in [0.29, 0.717) is 19.3 Å². The molecule has 0 bridgehead atoms. The summed E-state index contributed by atoms with van der Waals surface area (Å²) in [7, 11) is 0. The highest BCUT2D eigenvalue weighted by molar-refractivity contribution is 8.93. The molecule has 0 radical (unpaired) electrons. The second-order valence-corrected chi connectivity index (χ2v) is 15.3. The number of nitrogens with one attached hydrogen (secondary N) is 1. The van der Waals surface area contributed by atoms with E-state index in [4.69, 9.17) is 9.47 Å². The minimum Gasteiger partial charge on any atom is -0.457 e. The predicted molar refractivity (Wildman–Crippen MR) is 224 cm³/mol. The van der Waals surface area contributed by atoms with Crippen molar-refractivity contribution in [2.24, 2.45) is 0 Å². The lowest BCUT2D eigenvalue weighted by Crippen LogP contribution is -2.53. The summed E-state index contributed by atoms with van der Waals surface area (Å²) in [4.78, 5) is 25.4. The Morgan fingerprint density at radius 3 is 1.27 bits per heavy atom. The summed E-state index contributed by atoms with van der Waals surface area (Å²) in [5, 5.41) is 12.8. The molecule has 0 saturated carbocycles. The summed E-state index contributed by atoms with van der Waals surface area (Å²) in [6.45, 7) is 10.2. The largest absolute Gasteiger partial charge is 0.457 e. The number of hydrogen-bond donors (Lipinski definition) is 2. The summed E-state index contributed by atoms with van der Waals surface area (Å²) < 4.78 is 11.6. The fraction of sp³-hybridized carbons (Fsp3) is 0.864. The van der Waals surface area contributed by atoms with Gasteiger partial charge in [0.1, 0.15) is 6.10 Å². The summed E-state index contributed by atoms with van der Waals surface area (Å²) >= 11 is 0. The molecule has 0 aliphatic carbocycles. The van der Waals surface area contributed by atoms with E-state index in [-0.39, 0.29) is 35.5 Å². The molecule has 0 aliphatic rings. The average molecular weight is 787 g/mol. The zero-order chi connectivity index (χ0) is 37.0. The van der Waals surface area contributed by atoms with E-state index in [1.54, 1.807) is 6.92 Å². The number of ether oxygens (including phenoxy) is 2. The van der Waals surface area contributed by atoms with E-state index in [0.717, 1.165) is 51.4 Å². The summed E-state index contributed by atoms with van der Waals surface area (Å²) in [5.74, 6) is -0.532. The van der Waals surface area contributed by atoms with Gasteiger partial charge in [-0.25, -0.2) is 0 Å². The maximum atomic E-state index is 12.8. The van der Waals surface area contributed by atoms with Crippen LogP contribution in [0.25, 0.3) is 0 Å². The quantitative estimate of drug-likeness (QED) is 0.0282. The van der Waals surface area contributed by atoms with E-state index in [1.807, 2.05) is 13.8 Å². The van der Waals surface area contributed by atoms with Gasteiger partial charge in [-0.3, -0.25) is 14.9 Å². The topological polar surface area (TPSA) is 84.9 Å². The minimum absolute atomic E-state index is 0. The van der Waals surface area contributed by atoms with Gasteiger partial charge in [-0.1, -0.05) is 141 Å². The Balaban J connectivity index is 0. The normalized spacial score (nSPS) is 13.1. The van der Waals surface area contributed by atoms with Crippen molar-refractivity contribution >= 4 is 28.9 Å². The third-order valence-electron chi connectivity index (χ3n) is 9.56. The Bertz CT molecular complexity index is 830. The molecule has 7 heteroatoms. The number of carbonyl (C=O) groups is 2. The fourth-order valence-corrected chi connectivity index (χ4v) is 6.19. The predicted octanol–water partition coefficient (Wildman–Crippen LogP) is 13.2. The van der Waals surface area contributed by atoms with Crippen molar-refractivity contribution in [2.45, 2.75) is 239 Å². The molecule has 0 aromatic heterocycles. The number of rotatable bonds is 37. The van der Waals surface area contributed by atoms with E-state index in [2.05, 4.69) is 43.5 Å². The minimum atomic E-state index is -0.759. The molecule has 0 spiro atoms. The summed E-state index contributed by atoms with van der Waals surface area (Å²) in [6, 6.07) is 0. The van der Waals surface area contributed by atoms with Crippen molar-refractivity contribution < 1.29 is 24.2 Å². The third kappa shape index (κ3) is 36.9. The molecule has 0 amide bonds. The van der Waals surface area contributed by atoms with Crippen molar-refractivity contribution in [2.75, 3.05) is 6.61 Å². The van der Waals surface area contributed by atoms with Crippen molar-refractivity contribution in [3.05, 3.63) is 24.3 Å². The molecule has 2 N–H and O–H groups in total. The van der Waals surface area contributed by atoms with Gasteiger partial charge >= 0.3 is 11.9 Å². The molecule has 0 fully saturated rings. The standard InChI is InChI=1S/C44H83NO5.BrH/c1-6-8-10-12-14-16-18-20-22-24-26-28-30-32-34-36-41(47)49-40(3)43(45-44(4,5)38-39-46)50-42(48)37-35-33-31-29-27-25-23-21-19-17-15-13-11-9-7-2;/h20-23,40,43,45-46H,6-19,24-39H2,1-5H3;1H/b22-20-,23-21-;. The first-order valence-electron chi connectivity index (χ1n) is 21.3. The van der Waals surface area contributed by atoms with Crippen LogP contribution in [0.2, 0.25) is 0 Å². The second kappa shape index (κ2) is 38.5. The summed E-state index contributed by atoms with van der Waals surface area (Å²) in [6.07, 6.45) is 40.7. The molecule has 0 heterocycles. The lowest BCUT2D eigenvalue weighted by Gasteiger charge is -2.34. The number of allylic oxidation sites excluding steroid dienone is 4. The number of aliphatic hydroxyl groups excluding tert-OH is 1. The van der Waals surface area contributed by atoms with Gasteiger partial charge in [0, 0.05) is 25.0 Å². The Morgan fingerprint density at radius 2 is 0.902 bits per heavy atom. The lowest BCUT2D eigenvalue weighted by atomic mass is 10.0. The molecule has 0 aliphatic heterocycles. The third-order valence-corrected chi connectivity index (χ3v) is 9.56. The molecule has 2 unspecified atom stereocenters. The second-order valence-electron chi connectivity index (χ2n) is 15.3. The van der Waals surface area contributed by atoms with Gasteiger partial charge in [0.05, 0.1) is 0 Å². The molecule has 0 saturated heterocycles. The SMILES string of the molecule is Br.CCCCCCCC/C=C\CCCCCCCC(=O)OC(C)C(NC(C)(C)CCO)OC(=O)CCCCCCC/C=C\CCCCCCCC. The van der Waals surface area contributed by atoms with Gasteiger partial charge in [0.15, 0.2) is 6.23 Å². The van der Waals surface area contributed by atoms with Crippen LogP contribution in [0.4, 0.5) is 0 Å². The van der Waals surface area contributed by atoms with Gasteiger partial charge in [0.2, 0.25) is 0 Å². The highest BCUT2D eigenvalue weighted by Crippen LogP contribution is 2.17. The Kier molecular flexibility index (Phi) is 39.2. The van der Waals surface area contributed by atoms with E-state index >= 15 is 0 Å². The molecule has 0 aromatic rings. The Labute approximate surface area is 326 Å². The first-order chi connectivity index (χ1) is 24.3. The molecule has 6 nitrogen and oxygen atoms in total. The average Bonchev–Trinajstić information content (AvgIpc) is 3.07. The number of aliphatic hydroxyl groups is 1. The van der Waals surface area contributed by atoms with Crippen LogP contribution in [0.15, 0.2) is 24.3 Å². The smallest absolute Gasteiger partial charge is 0.307 e. The molecule has 0 rings (SSSR count). The lowest BCUT2D eigenvalue weighted by molar-refractivity contribution is -0.171. The van der Waals surface area contributed by atoms with Crippen LogP contribution in [-0.2, 0) is 19.1 Å². The molecule has 0 aromatic carbocycles. The van der Waals surface area contributed by atoms with Gasteiger partial charge in [-0.05, 0) is 91.4 Å². The van der Waals surface area contributed by atoms with Gasteiger partial charge in [-0.2, -0.15) is 0 Å². The van der Waals surface area contributed by atoms with E-state index in [9.17, 15) is 14.7 Å². The van der Waals surface area contributed by atoms with Crippen molar-refractivity contribution in [3.8, 4) is 0 Å². The first-order valence-corrected chi connectivity index (χ1v) is 21.3.